The number of fused-ring (bicyclic) bond motifs is 1. The van der Waals surface area contributed by atoms with Crippen LogP contribution in [0.2, 0.25) is 0 Å². The fourth-order valence-electron chi connectivity index (χ4n) is 2.78. The SMILES string of the molecule is CNC(=O)c1cccc(-c2cccc(-c3ncc4ccccc4n3)n2)c1. The Morgan fingerprint density at radius 1 is 0.885 bits per heavy atom. The zero-order valence-electron chi connectivity index (χ0n) is 14.2. The van der Waals surface area contributed by atoms with Crippen LogP contribution in [-0.2, 0) is 0 Å². The van der Waals surface area contributed by atoms with Gasteiger partial charge in [-0.1, -0.05) is 36.4 Å². The highest BCUT2D eigenvalue weighted by Gasteiger charge is 2.09. The van der Waals surface area contributed by atoms with Gasteiger partial charge in [0.05, 0.1) is 11.2 Å². The van der Waals surface area contributed by atoms with E-state index >= 15 is 0 Å². The summed E-state index contributed by atoms with van der Waals surface area (Å²) in [7, 11) is 1.62. The Labute approximate surface area is 150 Å². The van der Waals surface area contributed by atoms with E-state index in [4.69, 9.17) is 0 Å². The van der Waals surface area contributed by atoms with Crippen LogP contribution in [0, 0.1) is 0 Å². The topological polar surface area (TPSA) is 67.8 Å². The standard InChI is InChI=1S/C21H16N4O/c1-22-21(26)15-8-4-7-14(12-15)17-10-5-11-19(24-17)20-23-13-16-6-2-3-9-18(16)25-20/h2-13H,1H3,(H,22,26). The van der Waals surface area contributed by atoms with Crippen molar-refractivity contribution in [2.75, 3.05) is 7.05 Å². The lowest BCUT2D eigenvalue weighted by Crippen LogP contribution is -2.17. The van der Waals surface area contributed by atoms with E-state index in [2.05, 4.69) is 20.3 Å². The van der Waals surface area contributed by atoms with Gasteiger partial charge in [0.25, 0.3) is 5.91 Å². The quantitative estimate of drug-likeness (QED) is 0.617. The number of hydrogen-bond donors (Lipinski definition) is 1. The molecule has 4 aromatic rings. The molecule has 1 amide bonds. The molecule has 0 spiro atoms. The number of nitrogens with zero attached hydrogens (tertiary/aromatic N) is 3. The third-order valence-electron chi connectivity index (χ3n) is 4.11. The Balaban J connectivity index is 1.75. The number of hydrogen-bond acceptors (Lipinski definition) is 4. The monoisotopic (exact) mass is 340 g/mol. The molecule has 26 heavy (non-hydrogen) atoms. The molecule has 0 unspecified atom stereocenters. The van der Waals surface area contributed by atoms with E-state index in [1.54, 1.807) is 19.3 Å². The lowest BCUT2D eigenvalue weighted by molar-refractivity contribution is 0.0963. The van der Waals surface area contributed by atoms with Gasteiger partial charge in [0.15, 0.2) is 5.82 Å². The third-order valence-corrected chi connectivity index (χ3v) is 4.11. The van der Waals surface area contributed by atoms with Gasteiger partial charge >= 0.3 is 0 Å². The van der Waals surface area contributed by atoms with Crippen LogP contribution < -0.4 is 5.32 Å². The molecule has 1 N–H and O–H groups in total. The summed E-state index contributed by atoms with van der Waals surface area (Å²) in [5, 5.41) is 3.63. The van der Waals surface area contributed by atoms with Crippen molar-refractivity contribution < 1.29 is 4.79 Å². The van der Waals surface area contributed by atoms with Crippen LogP contribution in [0.1, 0.15) is 10.4 Å². The second-order valence-corrected chi connectivity index (χ2v) is 5.82. The molecular weight excluding hydrogens is 324 g/mol. The summed E-state index contributed by atoms with van der Waals surface area (Å²) in [6.07, 6.45) is 1.80. The van der Waals surface area contributed by atoms with Crippen molar-refractivity contribution in [3.05, 3.63) is 78.5 Å². The first-order valence-electron chi connectivity index (χ1n) is 8.26. The van der Waals surface area contributed by atoms with Gasteiger partial charge < -0.3 is 5.32 Å². The van der Waals surface area contributed by atoms with E-state index in [9.17, 15) is 4.79 Å². The molecule has 2 aromatic heterocycles. The average Bonchev–Trinajstić information content (AvgIpc) is 2.73. The van der Waals surface area contributed by atoms with E-state index in [1.807, 2.05) is 60.7 Å². The highest BCUT2D eigenvalue weighted by Crippen LogP contribution is 2.22. The van der Waals surface area contributed by atoms with Crippen LogP contribution in [0.5, 0.6) is 0 Å². The number of nitrogens with one attached hydrogen (secondary N) is 1. The number of aromatic nitrogens is 3. The number of pyridine rings is 1. The second kappa shape index (κ2) is 6.72. The Morgan fingerprint density at radius 2 is 1.69 bits per heavy atom. The van der Waals surface area contributed by atoms with Crippen molar-refractivity contribution in [1.29, 1.82) is 0 Å². The van der Waals surface area contributed by atoms with Crippen LogP contribution in [0.15, 0.2) is 72.9 Å². The van der Waals surface area contributed by atoms with Crippen molar-refractivity contribution in [1.82, 2.24) is 20.3 Å². The molecule has 4 rings (SSSR count). The molecule has 0 aliphatic carbocycles. The summed E-state index contributed by atoms with van der Waals surface area (Å²) in [5.74, 6) is 0.453. The van der Waals surface area contributed by atoms with Crippen molar-refractivity contribution in [3.8, 4) is 22.8 Å². The van der Waals surface area contributed by atoms with Crippen LogP contribution in [0.4, 0.5) is 0 Å². The largest absolute Gasteiger partial charge is 0.355 e. The van der Waals surface area contributed by atoms with E-state index in [1.165, 1.54) is 0 Å². The molecule has 126 valence electrons. The van der Waals surface area contributed by atoms with Crippen molar-refractivity contribution in [2.45, 2.75) is 0 Å². The maximum atomic E-state index is 11.9. The van der Waals surface area contributed by atoms with Gasteiger partial charge in [0.2, 0.25) is 0 Å². The molecule has 5 nitrogen and oxygen atoms in total. The van der Waals surface area contributed by atoms with E-state index in [-0.39, 0.29) is 5.91 Å². The fraction of sp³-hybridized carbons (Fsp3) is 0.0476. The molecular formula is C21H16N4O. The normalized spacial score (nSPS) is 10.7. The van der Waals surface area contributed by atoms with E-state index in [0.717, 1.165) is 22.2 Å². The Morgan fingerprint density at radius 3 is 2.58 bits per heavy atom. The Bertz CT molecular complexity index is 1110. The van der Waals surface area contributed by atoms with Crippen molar-refractivity contribution in [3.63, 3.8) is 0 Å². The summed E-state index contributed by atoms with van der Waals surface area (Å²) in [4.78, 5) is 25.6. The van der Waals surface area contributed by atoms with E-state index < -0.39 is 0 Å². The molecule has 0 radical (unpaired) electrons. The number of amides is 1. The number of benzene rings is 2. The minimum atomic E-state index is -0.124. The summed E-state index contributed by atoms with van der Waals surface area (Å²) in [6, 6.07) is 20.9. The van der Waals surface area contributed by atoms with Gasteiger partial charge in [-0.25, -0.2) is 15.0 Å². The third kappa shape index (κ3) is 3.02. The predicted molar refractivity (Wildman–Crippen MR) is 102 cm³/mol. The van der Waals surface area contributed by atoms with Gasteiger partial charge in [-0.05, 0) is 30.3 Å². The smallest absolute Gasteiger partial charge is 0.251 e. The first-order valence-corrected chi connectivity index (χ1v) is 8.26. The van der Waals surface area contributed by atoms with Gasteiger partial charge in [-0.2, -0.15) is 0 Å². The second-order valence-electron chi connectivity index (χ2n) is 5.82. The predicted octanol–water partition coefficient (Wildman–Crippen LogP) is 3.72. The van der Waals surface area contributed by atoms with Gasteiger partial charge in [-0.3, -0.25) is 4.79 Å². The first kappa shape index (κ1) is 15.9. The molecule has 0 atom stereocenters. The summed E-state index contributed by atoms with van der Waals surface area (Å²) in [5.41, 5.74) is 3.81. The molecule has 0 aliphatic heterocycles. The highest BCUT2D eigenvalue weighted by atomic mass is 16.1. The Kier molecular flexibility index (Phi) is 4.11. The van der Waals surface area contributed by atoms with Crippen LogP contribution in [-0.4, -0.2) is 27.9 Å². The summed E-state index contributed by atoms with van der Waals surface area (Å²) >= 11 is 0. The Hall–Kier alpha value is -3.60. The molecule has 0 bridgehead atoms. The number of para-hydroxylation sites is 1. The molecule has 2 heterocycles. The zero-order valence-corrected chi connectivity index (χ0v) is 14.2. The summed E-state index contributed by atoms with van der Waals surface area (Å²) in [6.45, 7) is 0. The molecule has 0 saturated heterocycles. The maximum absolute atomic E-state index is 11.9. The lowest BCUT2D eigenvalue weighted by atomic mass is 10.1. The van der Waals surface area contributed by atoms with Gasteiger partial charge in [0.1, 0.15) is 5.69 Å². The number of carbonyl (C=O) groups is 1. The van der Waals surface area contributed by atoms with Crippen molar-refractivity contribution >= 4 is 16.8 Å². The minimum Gasteiger partial charge on any atom is -0.355 e. The van der Waals surface area contributed by atoms with Crippen LogP contribution in [0.3, 0.4) is 0 Å². The van der Waals surface area contributed by atoms with E-state index in [0.29, 0.717) is 17.1 Å². The van der Waals surface area contributed by atoms with Gasteiger partial charge in [-0.15, -0.1) is 0 Å². The molecule has 2 aromatic carbocycles. The summed E-state index contributed by atoms with van der Waals surface area (Å²) < 4.78 is 0. The fourth-order valence-corrected chi connectivity index (χ4v) is 2.78. The number of rotatable bonds is 3. The molecule has 5 heteroatoms. The molecule has 0 fully saturated rings. The van der Waals surface area contributed by atoms with Crippen LogP contribution in [0.25, 0.3) is 33.7 Å². The van der Waals surface area contributed by atoms with Gasteiger partial charge in [0, 0.05) is 29.8 Å². The average molecular weight is 340 g/mol. The van der Waals surface area contributed by atoms with Crippen LogP contribution >= 0.6 is 0 Å². The minimum absolute atomic E-state index is 0.124. The maximum Gasteiger partial charge on any atom is 0.251 e. The zero-order chi connectivity index (χ0) is 17.9. The number of carbonyl (C=O) groups excluding carboxylic acids is 1. The molecule has 0 aliphatic rings. The lowest BCUT2D eigenvalue weighted by Gasteiger charge is -2.06. The first-order chi connectivity index (χ1) is 12.7. The molecule has 0 saturated carbocycles. The van der Waals surface area contributed by atoms with Crippen molar-refractivity contribution in [2.24, 2.45) is 0 Å². The highest BCUT2D eigenvalue weighted by molar-refractivity contribution is 5.95.